The van der Waals surface area contributed by atoms with Crippen LogP contribution in [0.2, 0.25) is 0 Å². The van der Waals surface area contributed by atoms with E-state index in [1.54, 1.807) is 19.3 Å². The number of hydrogen-bond acceptors (Lipinski definition) is 5. The molecule has 0 radical (unpaired) electrons. The highest BCUT2D eigenvalue weighted by atomic mass is 79.9. The normalized spacial score (nSPS) is 13.6. The lowest BCUT2D eigenvalue weighted by molar-refractivity contribution is 0.483. The molecule has 0 aliphatic carbocycles. The molecule has 0 saturated heterocycles. The fourth-order valence-corrected chi connectivity index (χ4v) is 3.77. The van der Waals surface area contributed by atoms with E-state index in [9.17, 15) is 8.42 Å². The molecule has 0 aliphatic heterocycles. The predicted molar refractivity (Wildman–Crippen MR) is 71.6 cm³/mol. The number of nitrogens with zero attached hydrogens (tertiary/aromatic N) is 1. The van der Waals surface area contributed by atoms with Gasteiger partial charge < -0.3 is 10.2 Å². The molecule has 4 N–H and O–H groups in total. The number of H-pyrrole nitrogens is 1. The summed E-state index contributed by atoms with van der Waals surface area (Å²) < 4.78 is 32.3. The average molecular weight is 349 g/mol. The number of nitrogens with two attached hydrogens (primary N) is 1. The summed E-state index contributed by atoms with van der Waals surface area (Å²) in [4.78, 5) is 0.0308. The maximum atomic E-state index is 12.2. The summed E-state index contributed by atoms with van der Waals surface area (Å²) in [6, 6.07) is 0.987. The molecule has 0 bridgehead atoms. The number of furan rings is 1. The molecule has 2 heterocycles. The van der Waals surface area contributed by atoms with Gasteiger partial charge in [0.05, 0.1) is 12.7 Å². The second-order valence-corrected chi connectivity index (χ2v) is 6.33. The Morgan fingerprint density at radius 2 is 2.37 bits per heavy atom. The van der Waals surface area contributed by atoms with Crippen LogP contribution in [-0.4, -0.2) is 18.6 Å². The van der Waals surface area contributed by atoms with E-state index in [-0.39, 0.29) is 16.1 Å². The largest absolute Gasteiger partial charge is 0.452 e. The van der Waals surface area contributed by atoms with Gasteiger partial charge in [-0.1, -0.05) is 0 Å². The number of rotatable bonds is 5. The van der Waals surface area contributed by atoms with Crippen molar-refractivity contribution < 1.29 is 12.8 Å². The first-order valence-corrected chi connectivity index (χ1v) is 7.71. The van der Waals surface area contributed by atoms with Gasteiger partial charge in [-0.25, -0.2) is 13.1 Å². The first-order chi connectivity index (χ1) is 8.94. The number of aromatic nitrogens is 2. The van der Waals surface area contributed by atoms with E-state index in [4.69, 9.17) is 10.2 Å². The Morgan fingerprint density at radius 3 is 2.89 bits per heavy atom. The summed E-state index contributed by atoms with van der Waals surface area (Å²) in [6.45, 7) is 1.85. The van der Waals surface area contributed by atoms with Crippen LogP contribution in [0.1, 0.15) is 24.3 Å². The van der Waals surface area contributed by atoms with Crippen LogP contribution in [0.5, 0.6) is 0 Å². The Kier molecular flexibility index (Phi) is 4.09. The summed E-state index contributed by atoms with van der Waals surface area (Å²) in [5.41, 5.74) is 6.15. The van der Waals surface area contributed by atoms with E-state index < -0.39 is 16.1 Å². The van der Waals surface area contributed by atoms with Crippen molar-refractivity contribution in [1.82, 2.24) is 14.9 Å². The maximum Gasteiger partial charge on any atom is 0.245 e. The van der Waals surface area contributed by atoms with Gasteiger partial charge in [0.2, 0.25) is 10.0 Å². The van der Waals surface area contributed by atoms with Crippen molar-refractivity contribution in [2.45, 2.75) is 24.4 Å². The monoisotopic (exact) mass is 348 g/mol. The molecular formula is C10H13BrN4O3S. The van der Waals surface area contributed by atoms with Crippen molar-refractivity contribution in [1.29, 1.82) is 0 Å². The van der Waals surface area contributed by atoms with Gasteiger partial charge in [0, 0.05) is 23.9 Å². The topological polar surface area (TPSA) is 114 Å². The van der Waals surface area contributed by atoms with E-state index in [0.717, 1.165) is 5.56 Å². The van der Waals surface area contributed by atoms with Crippen molar-refractivity contribution in [2.75, 3.05) is 0 Å². The summed E-state index contributed by atoms with van der Waals surface area (Å²) in [5.74, 6) is 0.392. The molecule has 0 saturated carbocycles. The highest BCUT2D eigenvalue weighted by Crippen LogP contribution is 2.27. The third-order valence-corrected chi connectivity index (χ3v) is 4.95. The standard InChI is InChI=1S/C10H13BrN4O3S/c1-6(7-4-13-14-5-7)15-19(16,17)9-2-8(3-12)18-10(9)11/h2,4-6,15H,3,12H2,1H3,(H,13,14). The molecule has 2 aromatic heterocycles. The predicted octanol–water partition coefficient (Wildman–Crippen LogP) is 1.26. The number of hydrogen-bond donors (Lipinski definition) is 3. The van der Waals surface area contributed by atoms with Crippen molar-refractivity contribution >= 4 is 26.0 Å². The van der Waals surface area contributed by atoms with Gasteiger partial charge in [-0.3, -0.25) is 5.10 Å². The van der Waals surface area contributed by atoms with Gasteiger partial charge >= 0.3 is 0 Å². The van der Waals surface area contributed by atoms with Crippen molar-refractivity contribution in [3.05, 3.63) is 34.5 Å². The number of halogens is 1. The van der Waals surface area contributed by atoms with Gasteiger partial charge in [0.1, 0.15) is 10.7 Å². The molecule has 0 aromatic carbocycles. The zero-order chi connectivity index (χ0) is 14.0. The molecule has 0 fully saturated rings. The lowest BCUT2D eigenvalue weighted by Crippen LogP contribution is -2.26. The quantitative estimate of drug-likeness (QED) is 0.752. The Balaban J connectivity index is 2.25. The smallest absolute Gasteiger partial charge is 0.245 e. The fraction of sp³-hybridized carbons (Fsp3) is 0.300. The van der Waals surface area contributed by atoms with Crippen LogP contribution in [0, 0.1) is 0 Å². The Labute approximate surface area is 118 Å². The van der Waals surface area contributed by atoms with Crippen LogP contribution >= 0.6 is 15.9 Å². The highest BCUT2D eigenvalue weighted by Gasteiger charge is 2.24. The lowest BCUT2D eigenvalue weighted by Gasteiger charge is -2.11. The minimum atomic E-state index is -3.69. The molecule has 104 valence electrons. The lowest BCUT2D eigenvalue weighted by atomic mass is 10.2. The molecule has 1 unspecified atom stereocenters. The summed E-state index contributed by atoms with van der Waals surface area (Å²) in [7, 11) is -3.69. The minimum absolute atomic E-state index is 0.0308. The zero-order valence-corrected chi connectivity index (χ0v) is 12.5. The zero-order valence-electron chi connectivity index (χ0n) is 10.1. The Bertz CT molecular complexity index is 650. The van der Waals surface area contributed by atoms with Crippen molar-refractivity contribution in [2.24, 2.45) is 5.73 Å². The molecule has 0 spiro atoms. The third kappa shape index (κ3) is 3.06. The minimum Gasteiger partial charge on any atom is -0.452 e. The second kappa shape index (κ2) is 5.45. The Hall–Kier alpha value is -1.16. The van der Waals surface area contributed by atoms with Gasteiger partial charge in [-0.15, -0.1) is 0 Å². The van der Waals surface area contributed by atoms with Crippen LogP contribution in [0.3, 0.4) is 0 Å². The molecule has 9 heteroatoms. The molecule has 0 aliphatic rings. The van der Waals surface area contributed by atoms with Crippen LogP contribution in [0.25, 0.3) is 0 Å². The average Bonchev–Trinajstić information content (AvgIpc) is 2.96. The van der Waals surface area contributed by atoms with Crippen molar-refractivity contribution in [3.63, 3.8) is 0 Å². The van der Waals surface area contributed by atoms with Crippen LogP contribution < -0.4 is 10.5 Å². The van der Waals surface area contributed by atoms with Crippen LogP contribution in [-0.2, 0) is 16.6 Å². The molecule has 1 atom stereocenters. The molecule has 0 amide bonds. The maximum absolute atomic E-state index is 12.2. The third-order valence-electron chi connectivity index (χ3n) is 2.55. The first-order valence-electron chi connectivity index (χ1n) is 5.43. The molecule has 19 heavy (non-hydrogen) atoms. The van der Waals surface area contributed by atoms with Crippen molar-refractivity contribution in [3.8, 4) is 0 Å². The summed E-state index contributed by atoms with van der Waals surface area (Å²) in [6.07, 6.45) is 3.19. The molecule has 7 nitrogen and oxygen atoms in total. The Morgan fingerprint density at radius 1 is 1.63 bits per heavy atom. The molecule has 2 aromatic rings. The highest BCUT2D eigenvalue weighted by molar-refractivity contribution is 9.10. The van der Waals surface area contributed by atoms with E-state index in [2.05, 4.69) is 30.8 Å². The van der Waals surface area contributed by atoms with E-state index in [0.29, 0.717) is 5.76 Å². The fourth-order valence-electron chi connectivity index (χ4n) is 1.54. The van der Waals surface area contributed by atoms with E-state index >= 15 is 0 Å². The summed E-state index contributed by atoms with van der Waals surface area (Å²) in [5, 5.41) is 6.41. The van der Waals surface area contributed by atoms with Crippen LogP contribution in [0.4, 0.5) is 0 Å². The van der Waals surface area contributed by atoms with Crippen LogP contribution in [0.15, 0.2) is 32.4 Å². The summed E-state index contributed by atoms with van der Waals surface area (Å²) >= 11 is 3.07. The van der Waals surface area contributed by atoms with Gasteiger partial charge in [0.15, 0.2) is 4.67 Å². The van der Waals surface area contributed by atoms with E-state index in [1.165, 1.54) is 6.07 Å². The number of sulfonamides is 1. The van der Waals surface area contributed by atoms with Gasteiger partial charge in [-0.2, -0.15) is 5.10 Å². The molecular weight excluding hydrogens is 336 g/mol. The SMILES string of the molecule is CC(NS(=O)(=O)c1cc(CN)oc1Br)c1cn[nH]c1. The molecule has 2 rings (SSSR count). The van der Waals surface area contributed by atoms with Gasteiger partial charge in [-0.05, 0) is 22.9 Å². The first kappa shape index (κ1) is 14.3. The number of nitrogens with one attached hydrogen (secondary N) is 2. The number of aromatic amines is 1. The second-order valence-electron chi connectivity index (χ2n) is 3.93. The van der Waals surface area contributed by atoms with E-state index in [1.807, 2.05) is 0 Å². The van der Waals surface area contributed by atoms with Gasteiger partial charge in [0.25, 0.3) is 0 Å².